The van der Waals surface area contributed by atoms with Crippen molar-refractivity contribution in [2.75, 3.05) is 13.1 Å². The number of likely N-dealkylation sites (tertiary alicyclic amines) is 1. The minimum atomic E-state index is -0.522. The predicted octanol–water partition coefficient (Wildman–Crippen LogP) is 0.873. The Morgan fingerprint density at radius 3 is 2.73 bits per heavy atom. The third-order valence-corrected chi connectivity index (χ3v) is 4.87. The van der Waals surface area contributed by atoms with E-state index in [-0.39, 0.29) is 29.7 Å². The zero-order valence-electron chi connectivity index (χ0n) is 15.3. The molecule has 3 amide bonds. The van der Waals surface area contributed by atoms with Crippen molar-refractivity contribution in [3.8, 4) is 0 Å². The average Bonchev–Trinajstić information content (AvgIpc) is 3.22. The topological polar surface area (TPSA) is 105 Å². The first-order chi connectivity index (χ1) is 12.5. The third-order valence-electron chi connectivity index (χ3n) is 4.87. The number of nitrogens with zero attached hydrogens (tertiary/aromatic N) is 2. The second kappa shape index (κ2) is 7.88. The van der Waals surface area contributed by atoms with E-state index in [0.717, 1.165) is 19.3 Å². The number of amides is 3. The molecule has 1 aromatic rings. The van der Waals surface area contributed by atoms with Crippen molar-refractivity contribution in [1.82, 2.24) is 20.7 Å². The van der Waals surface area contributed by atoms with Gasteiger partial charge in [-0.25, -0.2) is 0 Å². The highest BCUT2D eigenvalue weighted by Gasteiger charge is 2.44. The van der Waals surface area contributed by atoms with E-state index in [0.29, 0.717) is 37.3 Å². The lowest BCUT2D eigenvalue weighted by Crippen LogP contribution is -2.46. The van der Waals surface area contributed by atoms with E-state index in [2.05, 4.69) is 15.8 Å². The van der Waals surface area contributed by atoms with Crippen LogP contribution in [0.3, 0.4) is 0 Å². The van der Waals surface area contributed by atoms with Crippen molar-refractivity contribution in [2.45, 2.75) is 58.0 Å². The molecule has 26 heavy (non-hydrogen) atoms. The lowest BCUT2D eigenvalue weighted by molar-refractivity contribution is -0.139. The molecule has 142 valence electrons. The lowest BCUT2D eigenvalue weighted by atomic mass is 10.1. The molecule has 1 aliphatic carbocycles. The van der Waals surface area contributed by atoms with Crippen molar-refractivity contribution in [3.63, 3.8) is 0 Å². The van der Waals surface area contributed by atoms with Crippen molar-refractivity contribution < 1.29 is 18.9 Å². The summed E-state index contributed by atoms with van der Waals surface area (Å²) in [5, 5.41) is 9.44. The molecule has 0 aromatic carbocycles. The van der Waals surface area contributed by atoms with Crippen LogP contribution in [-0.4, -0.2) is 53.0 Å². The van der Waals surface area contributed by atoms with Crippen molar-refractivity contribution in [2.24, 2.45) is 5.92 Å². The van der Waals surface area contributed by atoms with Crippen LogP contribution in [-0.2, 0) is 16.0 Å². The molecule has 8 nitrogen and oxygen atoms in total. The molecule has 1 aliphatic heterocycles. The second-order valence-electron chi connectivity index (χ2n) is 6.99. The van der Waals surface area contributed by atoms with Crippen LogP contribution < -0.4 is 10.6 Å². The molecule has 1 aromatic heterocycles. The lowest BCUT2D eigenvalue weighted by Gasteiger charge is -2.23. The standard InChI is InChI=1S/C18H26N4O4/c1-3-5-15-13(9-20-26-15)16(23)21-12-8-14(17(24)19-4-2)22(10-12)18(25)11-6-7-11/h9,11-12,14H,3-8,10H2,1-2H3,(H,19,24)(H,21,23)/t12-,14+/m1/s1. The summed E-state index contributed by atoms with van der Waals surface area (Å²) in [5.74, 6) is 0.199. The van der Waals surface area contributed by atoms with Gasteiger partial charge in [0, 0.05) is 31.5 Å². The number of rotatable bonds is 7. The summed E-state index contributed by atoms with van der Waals surface area (Å²) in [7, 11) is 0. The van der Waals surface area contributed by atoms with Gasteiger partial charge in [0.1, 0.15) is 17.4 Å². The molecule has 2 N–H and O–H groups in total. The molecule has 1 saturated heterocycles. The Morgan fingerprint density at radius 1 is 1.31 bits per heavy atom. The summed E-state index contributed by atoms with van der Waals surface area (Å²) in [6, 6.07) is -0.784. The van der Waals surface area contributed by atoms with E-state index in [9.17, 15) is 14.4 Å². The quantitative estimate of drug-likeness (QED) is 0.749. The van der Waals surface area contributed by atoms with Crippen LogP contribution in [0.4, 0.5) is 0 Å². The molecule has 3 rings (SSSR count). The SMILES string of the molecule is CCCc1oncc1C(=O)N[C@@H]1C[C@@H](C(=O)NCC)N(C(=O)C2CC2)C1. The van der Waals surface area contributed by atoms with Gasteiger partial charge in [-0.1, -0.05) is 12.1 Å². The molecule has 0 radical (unpaired) electrons. The van der Waals surface area contributed by atoms with Gasteiger partial charge in [0.15, 0.2) is 0 Å². The highest BCUT2D eigenvalue weighted by Crippen LogP contribution is 2.34. The Hall–Kier alpha value is -2.38. The van der Waals surface area contributed by atoms with E-state index in [1.807, 2.05) is 13.8 Å². The summed E-state index contributed by atoms with van der Waals surface area (Å²) < 4.78 is 5.14. The van der Waals surface area contributed by atoms with Gasteiger partial charge in [-0.3, -0.25) is 14.4 Å². The third kappa shape index (κ3) is 3.89. The maximum absolute atomic E-state index is 12.6. The smallest absolute Gasteiger partial charge is 0.256 e. The molecule has 2 atom stereocenters. The maximum atomic E-state index is 12.6. The number of hydrogen-bond donors (Lipinski definition) is 2. The minimum absolute atomic E-state index is 0.0228. The van der Waals surface area contributed by atoms with E-state index < -0.39 is 6.04 Å². The molecule has 8 heteroatoms. The molecule has 0 spiro atoms. The number of aryl methyl sites for hydroxylation is 1. The Bertz CT molecular complexity index is 682. The summed E-state index contributed by atoms with van der Waals surface area (Å²) in [4.78, 5) is 39.1. The van der Waals surface area contributed by atoms with Gasteiger partial charge in [0.05, 0.1) is 6.20 Å². The molecule has 2 heterocycles. The van der Waals surface area contributed by atoms with E-state index in [1.165, 1.54) is 6.20 Å². The van der Waals surface area contributed by atoms with Crippen LogP contribution in [0.5, 0.6) is 0 Å². The molecule has 2 aliphatic rings. The van der Waals surface area contributed by atoms with Crippen LogP contribution in [0.15, 0.2) is 10.7 Å². The highest BCUT2D eigenvalue weighted by molar-refractivity contribution is 5.95. The summed E-state index contributed by atoms with van der Waals surface area (Å²) in [6.07, 6.45) is 5.10. The molecular formula is C18H26N4O4. The number of carbonyl (C=O) groups excluding carboxylic acids is 3. The van der Waals surface area contributed by atoms with Gasteiger partial charge in [-0.15, -0.1) is 0 Å². The molecule has 0 unspecified atom stereocenters. The number of likely N-dealkylation sites (N-methyl/N-ethyl adjacent to an activating group) is 1. The zero-order chi connectivity index (χ0) is 18.7. The van der Waals surface area contributed by atoms with Crippen LogP contribution in [0.1, 0.15) is 55.6 Å². The molecule has 0 bridgehead atoms. The Morgan fingerprint density at radius 2 is 2.08 bits per heavy atom. The van der Waals surface area contributed by atoms with Crippen LogP contribution >= 0.6 is 0 Å². The predicted molar refractivity (Wildman–Crippen MR) is 93.3 cm³/mol. The fourth-order valence-corrected chi connectivity index (χ4v) is 3.41. The normalized spacial score (nSPS) is 22.3. The van der Waals surface area contributed by atoms with Gasteiger partial charge in [0.25, 0.3) is 5.91 Å². The summed E-state index contributed by atoms with van der Waals surface area (Å²) in [6.45, 7) is 4.72. The minimum Gasteiger partial charge on any atom is -0.361 e. The van der Waals surface area contributed by atoms with Crippen molar-refractivity contribution in [3.05, 3.63) is 17.5 Å². The van der Waals surface area contributed by atoms with Gasteiger partial charge in [-0.2, -0.15) is 0 Å². The van der Waals surface area contributed by atoms with Crippen molar-refractivity contribution in [1.29, 1.82) is 0 Å². The summed E-state index contributed by atoms with van der Waals surface area (Å²) in [5.41, 5.74) is 0.424. The van der Waals surface area contributed by atoms with Gasteiger partial charge < -0.3 is 20.1 Å². The summed E-state index contributed by atoms with van der Waals surface area (Å²) >= 11 is 0. The van der Waals surface area contributed by atoms with Crippen LogP contribution in [0, 0.1) is 5.92 Å². The number of hydrogen-bond acceptors (Lipinski definition) is 5. The van der Waals surface area contributed by atoms with Gasteiger partial charge in [0.2, 0.25) is 11.8 Å². The van der Waals surface area contributed by atoms with E-state index in [4.69, 9.17) is 4.52 Å². The Labute approximate surface area is 152 Å². The van der Waals surface area contributed by atoms with Crippen molar-refractivity contribution >= 4 is 17.7 Å². The first kappa shape index (κ1) is 18.4. The van der Waals surface area contributed by atoms with E-state index >= 15 is 0 Å². The molecule has 2 fully saturated rings. The first-order valence-corrected chi connectivity index (χ1v) is 9.37. The molecular weight excluding hydrogens is 336 g/mol. The largest absolute Gasteiger partial charge is 0.361 e. The number of carbonyl (C=O) groups is 3. The second-order valence-corrected chi connectivity index (χ2v) is 6.99. The van der Waals surface area contributed by atoms with Gasteiger partial charge in [-0.05, 0) is 32.6 Å². The molecule has 1 saturated carbocycles. The zero-order valence-corrected chi connectivity index (χ0v) is 15.3. The maximum Gasteiger partial charge on any atom is 0.256 e. The number of aromatic nitrogens is 1. The van der Waals surface area contributed by atoms with E-state index in [1.54, 1.807) is 4.90 Å². The van der Waals surface area contributed by atoms with Gasteiger partial charge >= 0.3 is 0 Å². The fourth-order valence-electron chi connectivity index (χ4n) is 3.41. The fraction of sp³-hybridized carbons (Fsp3) is 0.667. The first-order valence-electron chi connectivity index (χ1n) is 9.37. The monoisotopic (exact) mass is 362 g/mol. The van der Waals surface area contributed by atoms with Crippen LogP contribution in [0.2, 0.25) is 0 Å². The average molecular weight is 362 g/mol. The van der Waals surface area contributed by atoms with Crippen LogP contribution in [0.25, 0.3) is 0 Å². The Kier molecular flexibility index (Phi) is 5.58. The Balaban J connectivity index is 1.68. The highest BCUT2D eigenvalue weighted by atomic mass is 16.5. The number of nitrogens with one attached hydrogen (secondary N) is 2.